The summed E-state index contributed by atoms with van der Waals surface area (Å²) in [7, 11) is 0. The van der Waals surface area contributed by atoms with Crippen molar-refractivity contribution >= 4 is 22.7 Å². The second-order valence-electron chi connectivity index (χ2n) is 7.60. The Bertz CT molecular complexity index is 926. The number of rotatable bonds is 6. The number of ether oxygens (including phenoxy) is 2. The molecule has 2 aliphatic rings. The molecule has 3 aromatic rings. The molecule has 7 heteroatoms. The summed E-state index contributed by atoms with van der Waals surface area (Å²) in [5.41, 5.74) is 2.22. The molecule has 2 aliphatic heterocycles. The van der Waals surface area contributed by atoms with E-state index >= 15 is 0 Å². The second-order valence-corrected chi connectivity index (χ2v) is 8.59. The molecule has 2 aromatic heterocycles. The fourth-order valence-electron chi connectivity index (χ4n) is 4.11. The van der Waals surface area contributed by atoms with E-state index in [0.717, 1.165) is 66.8 Å². The van der Waals surface area contributed by atoms with E-state index in [1.807, 2.05) is 12.3 Å². The Labute approximate surface area is 169 Å². The Kier molecular flexibility index (Phi) is 5.38. The minimum Gasteiger partial charge on any atom is -0.377 e. The topological polar surface area (TPSA) is 65.0 Å². The van der Waals surface area contributed by atoms with E-state index in [-0.39, 0.29) is 6.10 Å². The third-order valence-corrected chi connectivity index (χ3v) is 6.73. The number of nitrogens with one attached hydrogen (secondary N) is 1. The first-order chi connectivity index (χ1) is 13.9. The van der Waals surface area contributed by atoms with Gasteiger partial charge in [-0.1, -0.05) is 30.0 Å². The molecule has 0 spiro atoms. The zero-order chi connectivity index (χ0) is 18.8. The van der Waals surface area contributed by atoms with Crippen LogP contribution in [0.15, 0.2) is 35.6 Å². The normalized spacial score (nSPS) is 22.9. The maximum Gasteiger partial charge on any atom is 0.191 e. The van der Waals surface area contributed by atoms with Gasteiger partial charge in [0.15, 0.2) is 11.0 Å². The third-order valence-electron chi connectivity index (χ3n) is 5.63. The third kappa shape index (κ3) is 3.71. The molecule has 1 N–H and O–H groups in total. The second kappa shape index (κ2) is 8.27. The number of hydrogen-bond donors (Lipinski definition) is 1. The highest BCUT2D eigenvalue weighted by atomic mass is 32.2. The van der Waals surface area contributed by atoms with Crippen molar-refractivity contribution < 1.29 is 9.47 Å². The number of thioether (sulfide) groups is 1. The average molecular weight is 399 g/mol. The van der Waals surface area contributed by atoms with Gasteiger partial charge in [-0.05, 0) is 38.2 Å². The fraction of sp³-hybridized carbons (Fsp3) is 0.524. The van der Waals surface area contributed by atoms with E-state index in [0.29, 0.717) is 6.10 Å². The molecule has 2 fully saturated rings. The smallest absolute Gasteiger partial charge is 0.191 e. The molecule has 0 unspecified atom stereocenters. The summed E-state index contributed by atoms with van der Waals surface area (Å²) < 4.78 is 14.1. The van der Waals surface area contributed by atoms with Gasteiger partial charge < -0.3 is 14.5 Å². The minimum atomic E-state index is 0.241. The quantitative estimate of drug-likeness (QED) is 0.628. The van der Waals surface area contributed by atoms with Crippen molar-refractivity contribution in [2.75, 3.05) is 19.0 Å². The molecule has 2 atom stereocenters. The van der Waals surface area contributed by atoms with Gasteiger partial charge in [-0.15, -0.1) is 10.2 Å². The van der Waals surface area contributed by atoms with Crippen LogP contribution in [0.3, 0.4) is 0 Å². The van der Waals surface area contributed by atoms with Gasteiger partial charge in [-0.25, -0.2) is 0 Å². The van der Waals surface area contributed by atoms with E-state index in [2.05, 4.69) is 37.9 Å². The van der Waals surface area contributed by atoms with E-state index in [9.17, 15) is 0 Å². The molecule has 0 saturated carbocycles. The predicted octanol–water partition coefficient (Wildman–Crippen LogP) is 4.27. The monoisotopic (exact) mass is 398 g/mol. The van der Waals surface area contributed by atoms with Crippen LogP contribution in [0.25, 0.3) is 22.3 Å². The van der Waals surface area contributed by atoms with Crippen LogP contribution in [-0.2, 0) is 16.0 Å². The Morgan fingerprint density at radius 3 is 2.75 bits per heavy atom. The Balaban J connectivity index is 1.45. The van der Waals surface area contributed by atoms with Crippen molar-refractivity contribution in [1.29, 1.82) is 0 Å². The highest BCUT2D eigenvalue weighted by molar-refractivity contribution is 7.99. The summed E-state index contributed by atoms with van der Waals surface area (Å²) in [5.74, 6) is 1.84. The van der Waals surface area contributed by atoms with Crippen LogP contribution in [0, 0.1) is 0 Å². The zero-order valence-electron chi connectivity index (χ0n) is 16.0. The van der Waals surface area contributed by atoms with Crippen LogP contribution >= 0.6 is 11.8 Å². The van der Waals surface area contributed by atoms with Gasteiger partial charge in [0.1, 0.15) is 0 Å². The average Bonchev–Trinajstić information content (AvgIpc) is 3.48. The largest absolute Gasteiger partial charge is 0.377 e. The highest BCUT2D eigenvalue weighted by Crippen LogP contribution is 2.32. The van der Waals surface area contributed by atoms with Crippen LogP contribution in [0.1, 0.15) is 32.1 Å². The van der Waals surface area contributed by atoms with E-state index in [4.69, 9.17) is 9.47 Å². The molecule has 0 bridgehead atoms. The molecular formula is C21H26N4O2S. The van der Waals surface area contributed by atoms with Crippen molar-refractivity contribution in [1.82, 2.24) is 19.7 Å². The minimum absolute atomic E-state index is 0.241. The molecule has 6 nitrogen and oxygen atoms in total. The number of hydrogen-bond acceptors (Lipinski definition) is 5. The number of para-hydroxylation sites is 1. The standard InChI is InChI=1S/C21H26N4O2S/c1-2-9-19-17(8-1)18(12-22-19)20-23-24-21(25(20)13-15-7-5-11-26-15)28-14-16-6-3-4-10-27-16/h1-2,8-9,12,15-16,22H,3-7,10-11,13-14H2/t15-,16+/m0/s1. The fourth-order valence-corrected chi connectivity index (χ4v) is 5.13. The maximum atomic E-state index is 5.92. The Hall–Kier alpha value is -1.83. The van der Waals surface area contributed by atoms with Crippen LogP contribution in [0.4, 0.5) is 0 Å². The van der Waals surface area contributed by atoms with E-state index in [1.54, 1.807) is 11.8 Å². The van der Waals surface area contributed by atoms with Crippen LogP contribution in [0.2, 0.25) is 0 Å². The summed E-state index contributed by atoms with van der Waals surface area (Å²) in [6.45, 7) is 2.54. The molecule has 2 saturated heterocycles. The first-order valence-electron chi connectivity index (χ1n) is 10.2. The molecule has 28 heavy (non-hydrogen) atoms. The SMILES string of the molecule is c1ccc2c(-c3nnc(SC[C@H]4CCCCO4)n3C[C@@H]3CCCO3)c[nH]c2c1. The van der Waals surface area contributed by atoms with Crippen LogP contribution < -0.4 is 0 Å². The molecular weight excluding hydrogens is 372 g/mol. The van der Waals surface area contributed by atoms with Gasteiger partial charge in [-0.3, -0.25) is 4.57 Å². The van der Waals surface area contributed by atoms with Gasteiger partial charge in [-0.2, -0.15) is 0 Å². The maximum absolute atomic E-state index is 5.92. The molecule has 4 heterocycles. The van der Waals surface area contributed by atoms with Gasteiger partial charge >= 0.3 is 0 Å². The summed E-state index contributed by atoms with van der Waals surface area (Å²) >= 11 is 1.76. The molecule has 148 valence electrons. The number of aromatic nitrogens is 4. The van der Waals surface area contributed by atoms with Gasteiger partial charge in [0.2, 0.25) is 0 Å². The number of H-pyrrole nitrogens is 1. The number of fused-ring (bicyclic) bond motifs is 1. The van der Waals surface area contributed by atoms with Crippen molar-refractivity contribution in [2.24, 2.45) is 0 Å². The molecule has 0 aliphatic carbocycles. The van der Waals surface area contributed by atoms with Gasteiger partial charge in [0.05, 0.1) is 18.8 Å². The molecule has 0 amide bonds. The highest BCUT2D eigenvalue weighted by Gasteiger charge is 2.24. The van der Waals surface area contributed by atoms with E-state index < -0.39 is 0 Å². The summed E-state index contributed by atoms with van der Waals surface area (Å²) in [6.07, 6.45) is 8.42. The van der Waals surface area contributed by atoms with Gasteiger partial charge in [0, 0.05) is 41.6 Å². The zero-order valence-corrected chi connectivity index (χ0v) is 16.8. The first kappa shape index (κ1) is 18.2. The summed E-state index contributed by atoms with van der Waals surface area (Å²) in [6, 6.07) is 8.34. The lowest BCUT2D eigenvalue weighted by atomic mass is 10.1. The van der Waals surface area contributed by atoms with Gasteiger partial charge in [0.25, 0.3) is 0 Å². The lowest BCUT2D eigenvalue weighted by molar-refractivity contribution is 0.0315. The molecule has 0 radical (unpaired) electrons. The number of aromatic amines is 1. The van der Waals surface area contributed by atoms with Crippen molar-refractivity contribution in [3.63, 3.8) is 0 Å². The van der Waals surface area contributed by atoms with Crippen molar-refractivity contribution in [2.45, 2.75) is 56.0 Å². The predicted molar refractivity (Wildman–Crippen MR) is 111 cm³/mol. The van der Waals surface area contributed by atoms with Crippen LogP contribution in [0.5, 0.6) is 0 Å². The first-order valence-corrected chi connectivity index (χ1v) is 11.2. The summed E-state index contributed by atoms with van der Waals surface area (Å²) in [5, 5.41) is 11.3. The molecule has 1 aromatic carbocycles. The Morgan fingerprint density at radius 2 is 1.89 bits per heavy atom. The summed E-state index contributed by atoms with van der Waals surface area (Å²) in [4.78, 5) is 3.36. The lowest BCUT2D eigenvalue weighted by Gasteiger charge is -2.22. The lowest BCUT2D eigenvalue weighted by Crippen LogP contribution is -2.22. The van der Waals surface area contributed by atoms with E-state index in [1.165, 1.54) is 18.2 Å². The number of nitrogens with zero attached hydrogens (tertiary/aromatic N) is 3. The van der Waals surface area contributed by atoms with Crippen LogP contribution in [-0.4, -0.2) is 50.9 Å². The molecule has 5 rings (SSSR count). The Morgan fingerprint density at radius 1 is 1.04 bits per heavy atom. The number of benzene rings is 1. The van der Waals surface area contributed by atoms with Crippen molar-refractivity contribution in [3.05, 3.63) is 30.5 Å². The van der Waals surface area contributed by atoms with Crippen molar-refractivity contribution in [3.8, 4) is 11.4 Å².